The van der Waals surface area contributed by atoms with Crippen LogP contribution in [0.25, 0.3) is 0 Å². The Balaban J connectivity index is 2.08. The molecule has 1 saturated carbocycles. The van der Waals surface area contributed by atoms with Gasteiger partial charge in [-0.25, -0.2) is 4.98 Å². The van der Waals surface area contributed by atoms with Gasteiger partial charge in [0, 0.05) is 24.8 Å². The molecule has 1 aliphatic carbocycles. The summed E-state index contributed by atoms with van der Waals surface area (Å²) in [7, 11) is 2.09. The van der Waals surface area contributed by atoms with Gasteiger partial charge in [-0.1, -0.05) is 24.9 Å². The summed E-state index contributed by atoms with van der Waals surface area (Å²) < 4.78 is 0. The number of rotatable bonds is 3. The molecule has 2 atom stereocenters. The zero-order chi connectivity index (χ0) is 13.8. The molecule has 1 fully saturated rings. The van der Waals surface area contributed by atoms with E-state index in [9.17, 15) is 0 Å². The highest BCUT2D eigenvalue weighted by Crippen LogP contribution is 2.28. The molecule has 0 radical (unpaired) electrons. The van der Waals surface area contributed by atoms with E-state index >= 15 is 0 Å². The number of pyridine rings is 1. The van der Waals surface area contributed by atoms with E-state index in [1.54, 1.807) is 6.20 Å². The van der Waals surface area contributed by atoms with Crippen LogP contribution in [0.15, 0.2) is 23.5 Å². The SMILES string of the molecule is CC1CCCC(N(C)c2ccc(/C(N)=N/O)cn2)C1. The summed E-state index contributed by atoms with van der Waals surface area (Å²) in [5.41, 5.74) is 6.16. The van der Waals surface area contributed by atoms with Gasteiger partial charge in [0.25, 0.3) is 0 Å². The molecule has 2 unspecified atom stereocenters. The molecule has 2 rings (SSSR count). The fraction of sp³-hybridized carbons (Fsp3) is 0.571. The molecule has 1 aromatic heterocycles. The average molecular weight is 262 g/mol. The Morgan fingerprint density at radius 2 is 2.26 bits per heavy atom. The molecule has 3 N–H and O–H groups in total. The number of oxime groups is 1. The predicted molar refractivity (Wildman–Crippen MR) is 76.6 cm³/mol. The van der Waals surface area contributed by atoms with Crippen molar-refractivity contribution in [2.45, 2.75) is 38.6 Å². The first-order valence-electron chi connectivity index (χ1n) is 6.78. The molecule has 5 heteroatoms. The lowest BCUT2D eigenvalue weighted by atomic mass is 9.86. The first kappa shape index (κ1) is 13.6. The maximum absolute atomic E-state index is 8.62. The Hall–Kier alpha value is -1.78. The number of amidine groups is 1. The van der Waals surface area contributed by atoms with Crippen molar-refractivity contribution in [3.05, 3.63) is 23.9 Å². The minimum atomic E-state index is 0.0907. The van der Waals surface area contributed by atoms with Crippen LogP contribution >= 0.6 is 0 Å². The largest absolute Gasteiger partial charge is 0.409 e. The summed E-state index contributed by atoms with van der Waals surface area (Å²) in [4.78, 5) is 6.64. The summed E-state index contributed by atoms with van der Waals surface area (Å²) in [5, 5.41) is 11.6. The Morgan fingerprint density at radius 3 is 2.84 bits per heavy atom. The van der Waals surface area contributed by atoms with Gasteiger partial charge >= 0.3 is 0 Å². The first-order chi connectivity index (χ1) is 9.11. The number of hydrogen-bond acceptors (Lipinski definition) is 4. The van der Waals surface area contributed by atoms with Gasteiger partial charge in [-0.3, -0.25) is 0 Å². The fourth-order valence-corrected chi connectivity index (χ4v) is 2.74. The van der Waals surface area contributed by atoms with E-state index in [1.165, 1.54) is 25.7 Å². The molecule has 0 amide bonds. The van der Waals surface area contributed by atoms with E-state index in [0.717, 1.165) is 11.7 Å². The molecule has 1 aliphatic rings. The lowest BCUT2D eigenvalue weighted by Gasteiger charge is -2.34. The average Bonchev–Trinajstić information content (AvgIpc) is 2.46. The third-order valence-corrected chi connectivity index (χ3v) is 3.97. The molecular weight excluding hydrogens is 240 g/mol. The van der Waals surface area contributed by atoms with Gasteiger partial charge in [0.15, 0.2) is 5.84 Å². The van der Waals surface area contributed by atoms with Crippen LogP contribution in [-0.2, 0) is 0 Å². The Labute approximate surface area is 114 Å². The minimum Gasteiger partial charge on any atom is -0.409 e. The Morgan fingerprint density at radius 1 is 1.47 bits per heavy atom. The summed E-state index contributed by atoms with van der Waals surface area (Å²) >= 11 is 0. The highest BCUT2D eigenvalue weighted by Gasteiger charge is 2.23. The van der Waals surface area contributed by atoms with E-state index < -0.39 is 0 Å². The summed E-state index contributed by atoms with van der Waals surface area (Å²) in [6, 6.07) is 4.32. The lowest BCUT2D eigenvalue weighted by molar-refractivity contribution is 0.318. The molecule has 1 aromatic rings. The molecule has 1 heterocycles. The zero-order valence-electron chi connectivity index (χ0n) is 11.6. The summed E-state index contributed by atoms with van der Waals surface area (Å²) in [5.74, 6) is 1.82. The Bertz CT molecular complexity index is 443. The van der Waals surface area contributed by atoms with Crippen LogP contribution in [0.3, 0.4) is 0 Å². The van der Waals surface area contributed by atoms with Crippen LogP contribution in [0, 0.1) is 5.92 Å². The van der Waals surface area contributed by atoms with Crippen LogP contribution in [-0.4, -0.2) is 29.1 Å². The van der Waals surface area contributed by atoms with Crippen molar-refractivity contribution in [2.75, 3.05) is 11.9 Å². The van der Waals surface area contributed by atoms with Crippen LogP contribution in [0.4, 0.5) is 5.82 Å². The maximum Gasteiger partial charge on any atom is 0.171 e. The van der Waals surface area contributed by atoms with E-state index in [-0.39, 0.29) is 5.84 Å². The van der Waals surface area contributed by atoms with Crippen molar-refractivity contribution in [3.8, 4) is 0 Å². The van der Waals surface area contributed by atoms with Gasteiger partial charge in [-0.15, -0.1) is 0 Å². The van der Waals surface area contributed by atoms with E-state index in [0.29, 0.717) is 11.6 Å². The third kappa shape index (κ3) is 3.16. The minimum absolute atomic E-state index is 0.0907. The van der Waals surface area contributed by atoms with Crippen molar-refractivity contribution >= 4 is 11.7 Å². The smallest absolute Gasteiger partial charge is 0.171 e. The van der Waals surface area contributed by atoms with E-state index in [4.69, 9.17) is 10.9 Å². The third-order valence-electron chi connectivity index (χ3n) is 3.97. The molecule has 0 spiro atoms. The topological polar surface area (TPSA) is 74.7 Å². The number of aromatic nitrogens is 1. The summed E-state index contributed by atoms with van der Waals surface area (Å²) in [6.07, 6.45) is 6.72. The standard InChI is InChI=1S/C14H22N4O/c1-10-4-3-5-12(8-10)18(2)13-7-6-11(9-16-13)14(15)17-19/h6-7,9-10,12,19H,3-5,8H2,1-2H3,(H2,15,17). The van der Waals surface area contributed by atoms with Crippen molar-refractivity contribution in [1.82, 2.24) is 4.98 Å². The van der Waals surface area contributed by atoms with Crippen LogP contribution < -0.4 is 10.6 Å². The highest BCUT2D eigenvalue weighted by molar-refractivity contribution is 5.96. The fourth-order valence-electron chi connectivity index (χ4n) is 2.74. The van der Waals surface area contributed by atoms with Crippen LogP contribution in [0.1, 0.15) is 38.2 Å². The molecule has 19 heavy (non-hydrogen) atoms. The maximum atomic E-state index is 8.62. The van der Waals surface area contributed by atoms with Crippen molar-refractivity contribution in [1.29, 1.82) is 0 Å². The number of hydrogen-bond donors (Lipinski definition) is 2. The number of anilines is 1. The van der Waals surface area contributed by atoms with E-state index in [1.807, 2.05) is 12.1 Å². The second kappa shape index (κ2) is 5.91. The van der Waals surface area contributed by atoms with Gasteiger partial charge in [0.05, 0.1) is 0 Å². The normalized spacial score (nSPS) is 24.2. The molecule has 0 bridgehead atoms. The Kier molecular flexibility index (Phi) is 4.24. The predicted octanol–water partition coefficient (Wildman–Crippen LogP) is 2.19. The zero-order valence-corrected chi connectivity index (χ0v) is 11.6. The van der Waals surface area contributed by atoms with Gasteiger partial charge < -0.3 is 15.8 Å². The second-order valence-electron chi connectivity index (χ2n) is 5.43. The van der Waals surface area contributed by atoms with E-state index in [2.05, 4.69) is 29.0 Å². The van der Waals surface area contributed by atoms with Crippen molar-refractivity contribution in [3.63, 3.8) is 0 Å². The molecule has 104 valence electrons. The van der Waals surface area contributed by atoms with Crippen LogP contribution in [0.2, 0.25) is 0 Å². The second-order valence-corrected chi connectivity index (χ2v) is 5.43. The molecule has 0 saturated heterocycles. The molecule has 5 nitrogen and oxygen atoms in total. The quantitative estimate of drug-likeness (QED) is 0.379. The van der Waals surface area contributed by atoms with Gasteiger partial charge in [0.1, 0.15) is 5.82 Å². The molecule has 0 aliphatic heterocycles. The molecule has 0 aromatic carbocycles. The van der Waals surface area contributed by atoms with Gasteiger partial charge in [0.2, 0.25) is 0 Å². The highest BCUT2D eigenvalue weighted by atomic mass is 16.4. The monoisotopic (exact) mass is 262 g/mol. The van der Waals surface area contributed by atoms with Gasteiger partial charge in [-0.05, 0) is 30.9 Å². The van der Waals surface area contributed by atoms with Crippen molar-refractivity contribution in [2.24, 2.45) is 16.8 Å². The number of nitrogens with two attached hydrogens (primary N) is 1. The summed E-state index contributed by atoms with van der Waals surface area (Å²) in [6.45, 7) is 2.31. The van der Waals surface area contributed by atoms with Gasteiger partial charge in [-0.2, -0.15) is 0 Å². The van der Waals surface area contributed by atoms with Crippen molar-refractivity contribution < 1.29 is 5.21 Å². The molecular formula is C14H22N4O. The lowest BCUT2D eigenvalue weighted by Crippen LogP contribution is -2.36. The first-order valence-corrected chi connectivity index (χ1v) is 6.78. The van der Waals surface area contributed by atoms with Crippen LogP contribution in [0.5, 0.6) is 0 Å². The number of nitrogens with zero attached hydrogens (tertiary/aromatic N) is 3.